The average molecular weight is 331 g/mol. The summed E-state index contributed by atoms with van der Waals surface area (Å²) in [5, 5.41) is 0. The van der Waals surface area contributed by atoms with Gasteiger partial charge in [0.25, 0.3) is 0 Å². The van der Waals surface area contributed by atoms with Crippen molar-refractivity contribution in [2.45, 2.75) is 19.1 Å². The van der Waals surface area contributed by atoms with Gasteiger partial charge in [0.2, 0.25) is 5.91 Å². The highest BCUT2D eigenvalue weighted by Gasteiger charge is 2.37. The van der Waals surface area contributed by atoms with Gasteiger partial charge in [-0.1, -0.05) is 6.07 Å². The fourth-order valence-electron chi connectivity index (χ4n) is 2.62. The van der Waals surface area contributed by atoms with Crippen molar-refractivity contribution in [1.29, 1.82) is 0 Å². The maximum atomic E-state index is 12.8. The number of hydrogen-bond acceptors (Lipinski definition) is 4. The van der Waals surface area contributed by atoms with Gasteiger partial charge in [0.05, 0.1) is 13.2 Å². The molecule has 23 heavy (non-hydrogen) atoms. The van der Waals surface area contributed by atoms with Crippen molar-refractivity contribution in [3.63, 3.8) is 0 Å². The van der Waals surface area contributed by atoms with Gasteiger partial charge in [0.15, 0.2) is 0 Å². The van der Waals surface area contributed by atoms with Crippen molar-refractivity contribution in [3.8, 4) is 0 Å². The second-order valence-electron chi connectivity index (χ2n) is 5.30. The summed E-state index contributed by atoms with van der Waals surface area (Å²) in [5.74, 6) is -0.556. The van der Waals surface area contributed by atoms with Gasteiger partial charge in [-0.2, -0.15) is 13.2 Å². The van der Waals surface area contributed by atoms with Crippen LogP contribution >= 0.6 is 0 Å². The molecule has 0 saturated carbocycles. The van der Waals surface area contributed by atoms with Gasteiger partial charge in [0.1, 0.15) is 12.6 Å². The molecule has 0 radical (unpaired) electrons. The molecule has 1 aromatic heterocycles. The molecule has 1 amide bonds. The lowest BCUT2D eigenvalue weighted by atomic mass is 10.1. The summed E-state index contributed by atoms with van der Waals surface area (Å²) in [5.41, 5.74) is 0.597. The Labute approximate surface area is 133 Å². The number of alkyl halides is 3. The molecule has 1 fully saturated rings. The van der Waals surface area contributed by atoms with Crippen LogP contribution in [0.15, 0.2) is 24.5 Å². The minimum atomic E-state index is -4.42. The van der Waals surface area contributed by atoms with Gasteiger partial charge < -0.3 is 9.64 Å². The molecule has 0 unspecified atom stereocenters. The molecule has 5 nitrogen and oxygen atoms in total. The van der Waals surface area contributed by atoms with Gasteiger partial charge >= 0.3 is 6.18 Å². The van der Waals surface area contributed by atoms with Gasteiger partial charge in [-0.25, -0.2) is 0 Å². The standard InChI is InChI=1S/C15H20F3N3O2/c1-2-20(11-15(16,17)18)14(22)13(12-4-3-5-19-10-12)21-6-8-23-9-7-21/h3-5,10,13H,2,6-9,11H2,1H3/t13-/m1/s1. The highest BCUT2D eigenvalue weighted by Crippen LogP contribution is 2.26. The molecular weight excluding hydrogens is 311 g/mol. The minimum Gasteiger partial charge on any atom is -0.379 e. The first-order valence-electron chi connectivity index (χ1n) is 7.49. The number of halogens is 3. The quantitative estimate of drug-likeness (QED) is 0.826. The van der Waals surface area contributed by atoms with Gasteiger partial charge in [-0.3, -0.25) is 14.7 Å². The normalized spacial score (nSPS) is 17.7. The molecule has 0 aromatic carbocycles. The Bertz CT molecular complexity index is 504. The second-order valence-corrected chi connectivity index (χ2v) is 5.30. The number of nitrogens with zero attached hydrogens (tertiary/aromatic N) is 3. The number of amides is 1. The smallest absolute Gasteiger partial charge is 0.379 e. The Balaban J connectivity index is 2.26. The van der Waals surface area contributed by atoms with E-state index in [9.17, 15) is 18.0 Å². The van der Waals surface area contributed by atoms with Crippen LogP contribution in [0.25, 0.3) is 0 Å². The van der Waals surface area contributed by atoms with Crippen LogP contribution in [0.4, 0.5) is 13.2 Å². The zero-order valence-electron chi connectivity index (χ0n) is 12.9. The Hall–Kier alpha value is -1.67. The van der Waals surface area contributed by atoms with E-state index in [0.717, 1.165) is 4.90 Å². The van der Waals surface area contributed by atoms with E-state index in [1.165, 1.54) is 6.20 Å². The van der Waals surface area contributed by atoms with Crippen molar-refractivity contribution >= 4 is 5.91 Å². The zero-order valence-corrected chi connectivity index (χ0v) is 12.9. The van der Waals surface area contributed by atoms with E-state index < -0.39 is 24.7 Å². The second kappa shape index (κ2) is 7.74. The van der Waals surface area contributed by atoms with E-state index in [0.29, 0.717) is 31.9 Å². The minimum absolute atomic E-state index is 0.000550. The predicted molar refractivity (Wildman–Crippen MR) is 77.7 cm³/mol. The first-order chi connectivity index (χ1) is 10.9. The van der Waals surface area contributed by atoms with Crippen LogP contribution in [0.5, 0.6) is 0 Å². The Kier molecular flexibility index (Phi) is 5.95. The summed E-state index contributed by atoms with van der Waals surface area (Å²) in [6, 6.07) is 2.62. The first kappa shape index (κ1) is 17.7. The monoisotopic (exact) mass is 331 g/mol. The third-order valence-electron chi connectivity index (χ3n) is 3.71. The Morgan fingerprint density at radius 3 is 2.65 bits per heavy atom. The maximum absolute atomic E-state index is 12.8. The van der Waals surface area contributed by atoms with Crippen molar-refractivity contribution < 1.29 is 22.7 Å². The third kappa shape index (κ3) is 4.90. The Morgan fingerprint density at radius 2 is 2.13 bits per heavy atom. The van der Waals surface area contributed by atoms with Crippen LogP contribution in [0.1, 0.15) is 18.5 Å². The van der Waals surface area contributed by atoms with E-state index in [-0.39, 0.29) is 6.54 Å². The molecule has 128 valence electrons. The fraction of sp³-hybridized carbons (Fsp3) is 0.600. The lowest BCUT2D eigenvalue weighted by molar-refractivity contribution is -0.165. The largest absolute Gasteiger partial charge is 0.406 e. The molecule has 1 saturated heterocycles. The number of hydrogen-bond donors (Lipinski definition) is 0. The van der Waals surface area contributed by atoms with Crippen LogP contribution in [-0.2, 0) is 9.53 Å². The highest BCUT2D eigenvalue weighted by atomic mass is 19.4. The maximum Gasteiger partial charge on any atom is 0.406 e. The molecule has 8 heteroatoms. The first-order valence-corrected chi connectivity index (χ1v) is 7.49. The van der Waals surface area contributed by atoms with Gasteiger partial charge in [-0.05, 0) is 18.6 Å². The number of aromatic nitrogens is 1. The zero-order chi connectivity index (χ0) is 16.9. The summed E-state index contributed by atoms with van der Waals surface area (Å²) in [7, 11) is 0. The van der Waals surface area contributed by atoms with Crippen molar-refractivity contribution in [2.75, 3.05) is 39.4 Å². The topological polar surface area (TPSA) is 45.7 Å². The van der Waals surface area contributed by atoms with Crippen LogP contribution in [0.3, 0.4) is 0 Å². The lowest BCUT2D eigenvalue weighted by Crippen LogP contribution is -2.49. The molecule has 0 N–H and O–H groups in total. The van der Waals surface area contributed by atoms with E-state index in [2.05, 4.69) is 4.98 Å². The molecule has 2 heterocycles. The molecule has 1 aliphatic rings. The van der Waals surface area contributed by atoms with E-state index in [4.69, 9.17) is 4.74 Å². The lowest BCUT2D eigenvalue weighted by Gasteiger charge is -2.36. The molecule has 2 rings (SSSR count). The molecule has 1 aliphatic heterocycles. The van der Waals surface area contributed by atoms with E-state index >= 15 is 0 Å². The third-order valence-corrected chi connectivity index (χ3v) is 3.71. The summed E-state index contributed by atoms with van der Waals surface area (Å²) < 4.78 is 43.4. The van der Waals surface area contributed by atoms with Crippen molar-refractivity contribution in [3.05, 3.63) is 30.1 Å². The van der Waals surface area contributed by atoms with E-state index in [1.54, 1.807) is 25.3 Å². The van der Waals surface area contributed by atoms with Crippen LogP contribution in [0.2, 0.25) is 0 Å². The molecule has 1 aromatic rings. The van der Waals surface area contributed by atoms with Crippen LogP contribution < -0.4 is 0 Å². The average Bonchev–Trinajstić information content (AvgIpc) is 2.54. The molecule has 0 spiro atoms. The highest BCUT2D eigenvalue weighted by molar-refractivity contribution is 5.83. The SMILES string of the molecule is CCN(CC(F)(F)F)C(=O)[C@@H](c1cccnc1)N1CCOCC1. The number of likely N-dealkylation sites (N-methyl/N-ethyl adjacent to an activating group) is 1. The van der Waals surface area contributed by atoms with Crippen LogP contribution in [0, 0.1) is 0 Å². The Morgan fingerprint density at radius 1 is 1.43 bits per heavy atom. The fourth-order valence-corrected chi connectivity index (χ4v) is 2.62. The summed E-state index contributed by atoms with van der Waals surface area (Å²) >= 11 is 0. The van der Waals surface area contributed by atoms with Gasteiger partial charge in [0, 0.05) is 32.0 Å². The number of morpholine rings is 1. The van der Waals surface area contributed by atoms with Crippen LogP contribution in [-0.4, -0.2) is 66.3 Å². The number of ether oxygens (including phenoxy) is 1. The van der Waals surface area contributed by atoms with Crippen molar-refractivity contribution in [1.82, 2.24) is 14.8 Å². The molecule has 0 bridgehead atoms. The number of carbonyl (C=O) groups is 1. The summed E-state index contributed by atoms with van der Waals surface area (Å²) in [6.07, 6.45) is -1.33. The summed E-state index contributed by atoms with van der Waals surface area (Å²) in [6.45, 7) is 2.20. The summed E-state index contributed by atoms with van der Waals surface area (Å²) in [4.78, 5) is 19.4. The van der Waals surface area contributed by atoms with E-state index in [1.807, 2.05) is 4.90 Å². The molecule has 0 aliphatic carbocycles. The van der Waals surface area contributed by atoms with Crippen molar-refractivity contribution in [2.24, 2.45) is 0 Å². The number of rotatable bonds is 5. The molecule has 1 atom stereocenters. The molecular formula is C15H20F3N3O2. The number of carbonyl (C=O) groups excluding carboxylic acids is 1. The van der Waals surface area contributed by atoms with Gasteiger partial charge in [-0.15, -0.1) is 0 Å². The predicted octanol–water partition coefficient (Wildman–Crippen LogP) is 1.87. The number of pyridine rings is 1.